The Bertz CT molecular complexity index is 367. The van der Waals surface area contributed by atoms with Crippen molar-refractivity contribution >= 4 is 12.4 Å². The first-order valence-electron chi connectivity index (χ1n) is 5.26. The number of halogens is 1. The summed E-state index contributed by atoms with van der Waals surface area (Å²) in [6.07, 6.45) is 1.23. The molecule has 82 valence electrons. The van der Waals surface area contributed by atoms with Crippen molar-refractivity contribution in [2.75, 3.05) is 20.2 Å². The molecule has 15 heavy (non-hydrogen) atoms. The molecule has 1 heterocycles. The Kier molecular flexibility index (Phi) is 2.89. The van der Waals surface area contributed by atoms with Crippen molar-refractivity contribution < 1.29 is 4.74 Å². The molecular weight excluding hydrogens is 210 g/mol. The number of hydrogen-bond donors (Lipinski definition) is 1. The summed E-state index contributed by atoms with van der Waals surface area (Å²) in [7, 11) is 1.77. The fraction of sp³-hybridized carbons (Fsp3) is 0.500. The molecule has 2 nitrogen and oxygen atoms in total. The monoisotopic (exact) mass is 225 g/mol. The third-order valence-corrected chi connectivity index (χ3v) is 3.57. The fourth-order valence-corrected chi connectivity index (χ4v) is 2.93. The van der Waals surface area contributed by atoms with Crippen LogP contribution in [0.4, 0.5) is 0 Å². The van der Waals surface area contributed by atoms with Crippen molar-refractivity contribution in [1.29, 1.82) is 0 Å². The number of fused-ring (bicyclic) bond motifs is 3. The van der Waals surface area contributed by atoms with Gasteiger partial charge in [-0.3, -0.25) is 0 Å². The van der Waals surface area contributed by atoms with Gasteiger partial charge in [-0.15, -0.1) is 12.4 Å². The van der Waals surface area contributed by atoms with E-state index >= 15 is 0 Å². The van der Waals surface area contributed by atoms with Crippen LogP contribution in [0, 0.1) is 5.92 Å². The number of methoxy groups -OCH3 is 1. The van der Waals surface area contributed by atoms with Gasteiger partial charge in [-0.05, 0) is 30.5 Å². The zero-order chi connectivity index (χ0) is 9.54. The third-order valence-electron chi connectivity index (χ3n) is 3.57. The van der Waals surface area contributed by atoms with Gasteiger partial charge >= 0.3 is 0 Å². The topological polar surface area (TPSA) is 21.3 Å². The van der Waals surface area contributed by atoms with E-state index in [1.54, 1.807) is 7.11 Å². The Balaban J connectivity index is 0.000000853. The molecule has 1 aromatic carbocycles. The first-order valence-corrected chi connectivity index (χ1v) is 5.26. The Morgan fingerprint density at radius 1 is 1.33 bits per heavy atom. The average Bonchev–Trinajstić information content (AvgIpc) is 2.75. The normalized spacial score (nSPS) is 26.7. The van der Waals surface area contributed by atoms with Crippen LogP contribution in [-0.4, -0.2) is 20.2 Å². The summed E-state index contributed by atoms with van der Waals surface area (Å²) in [4.78, 5) is 0. The molecule has 1 N–H and O–H groups in total. The van der Waals surface area contributed by atoms with Gasteiger partial charge in [-0.1, -0.05) is 12.1 Å². The number of ether oxygens (including phenoxy) is 1. The van der Waals surface area contributed by atoms with Crippen LogP contribution in [0.15, 0.2) is 18.2 Å². The van der Waals surface area contributed by atoms with Crippen molar-refractivity contribution in [3.63, 3.8) is 0 Å². The van der Waals surface area contributed by atoms with Gasteiger partial charge in [-0.25, -0.2) is 0 Å². The highest BCUT2D eigenvalue weighted by atomic mass is 35.5. The molecule has 2 unspecified atom stereocenters. The minimum Gasteiger partial charge on any atom is -0.496 e. The molecular formula is C12H16ClNO. The van der Waals surface area contributed by atoms with Crippen LogP contribution in [0.2, 0.25) is 0 Å². The summed E-state index contributed by atoms with van der Waals surface area (Å²) in [6, 6.07) is 6.43. The van der Waals surface area contributed by atoms with Crippen molar-refractivity contribution in [3.05, 3.63) is 29.3 Å². The molecule has 2 aliphatic rings. The van der Waals surface area contributed by atoms with Crippen LogP contribution in [0.3, 0.4) is 0 Å². The van der Waals surface area contributed by atoms with Gasteiger partial charge < -0.3 is 10.1 Å². The van der Waals surface area contributed by atoms with Gasteiger partial charge in [0.2, 0.25) is 0 Å². The smallest absolute Gasteiger partial charge is 0.122 e. The lowest BCUT2D eigenvalue weighted by molar-refractivity contribution is 0.405. The Labute approximate surface area is 96.4 Å². The number of nitrogens with one attached hydrogen (secondary N) is 1. The molecule has 1 saturated heterocycles. The van der Waals surface area contributed by atoms with Crippen molar-refractivity contribution in [2.45, 2.75) is 12.3 Å². The van der Waals surface area contributed by atoms with E-state index in [2.05, 4.69) is 23.5 Å². The minimum absolute atomic E-state index is 0. The Morgan fingerprint density at radius 3 is 3.00 bits per heavy atom. The second-order valence-corrected chi connectivity index (χ2v) is 4.26. The number of rotatable bonds is 1. The number of hydrogen-bond acceptors (Lipinski definition) is 2. The highest BCUT2D eigenvalue weighted by Gasteiger charge is 2.37. The second kappa shape index (κ2) is 4.03. The summed E-state index contributed by atoms with van der Waals surface area (Å²) in [5.41, 5.74) is 2.96. The van der Waals surface area contributed by atoms with E-state index in [0.717, 1.165) is 18.2 Å². The first-order chi connectivity index (χ1) is 6.90. The summed E-state index contributed by atoms with van der Waals surface area (Å²) in [5.74, 6) is 2.58. The lowest BCUT2D eigenvalue weighted by Gasteiger charge is -2.12. The SMILES string of the molecule is COc1cccc2c1C1CNCC1C2.Cl. The quantitative estimate of drug-likeness (QED) is 0.789. The molecule has 0 radical (unpaired) electrons. The van der Waals surface area contributed by atoms with Gasteiger partial charge in [0.15, 0.2) is 0 Å². The van der Waals surface area contributed by atoms with E-state index in [-0.39, 0.29) is 12.4 Å². The molecule has 0 saturated carbocycles. The maximum absolute atomic E-state index is 5.44. The van der Waals surface area contributed by atoms with E-state index in [1.165, 1.54) is 24.1 Å². The summed E-state index contributed by atoms with van der Waals surface area (Å²) in [6.45, 7) is 2.29. The van der Waals surface area contributed by atoms with E-state index in [0.29, 0.717) is 5.92 Å². The van der Waals surface area contributed by atoms with Crippen LogP contribution in [-0.2, 0) is 6.42 Å². The number of benzene rings is 1. The van der Waals surface area contributed by atoms with Crippen molar-refractivity contribution in [2.24, 2.45) is 5.92 Å². The minimum atomic E-state index is 0. The van der Waals surface area contributed by atoms with Gasteiger partial charge in [0.05, 0.1) is 7.11 Å². The summed E-state index contributed by atoms with van der Waals surface area (Å²) >= 11 is 0. The Morgan fingerprint density at radius 2 is 2.20 bits per heavy atom. The predicted molar refractivity (Wildman–Crippen MR) is 63.0 cm³/mol. The van der Waals surface area contributed by atoms with Gasteiger partial charge in [-0.2, -0.15) is 0 Å². The molecule has 2 atom stereocenters. The standard InChI is InChI=1S/C12H15NO.ClH/c1-14-11-4-2-3-8-5-9-6-13-7-10(9)12(8)11;/h2-4,9-10,13H,5-7H2,1H3;1H. The van der Waals surface area contributed by atoms with Gasteiger partial charge in [0.1, 0.15) is 5.75 Å². The molecule has 0 spiro atoms. The molecule has 0 aromatic heterocycles. The maximum atomic E-state index is 5.44. The molecule has 1 aromatic rings. The van der Waals surface area contributed by atoms with E-state index in [9.17, 15) is 0 Å². The molecule has 0 bridgehead atoms. The van der Waals surface area contributed by atoms with E-state index in [1.807, 2.05) is 0 Å². The highest BCUT2D eigenvalue weighted by Crippen LogP contribution is 2.44. The van der Waals surface area contributed by atoms with Crippen LogP contribution >= 0.6 is 12.4 Å². The zero-order valence-electron chi connectivity index (χ0n) is 8.82. The Hall–Kier alpha value is -0.730. The predicted octanol–water partition coefficient (Wildman–Crippen LogP) is 1.98. The lowest BCUT2D eigenvalue weighted by atomic mass is 9.96. The molecule has 1 aliphatic heterocycles. The van der Waals surface area contributed by atoms with E-state index < -0.39 is 0 Å². The summed E-state index contributed by atoms with van der Waals surface area (Å²) in [5, 5.41) is 3.46. The van der Waals surface area contributed by atoms with Gasteiger partial charge in [0, 0.05) is 18.0 Å². The van der Waals surface area contributed by atoms with Crippen LogP contribution in [0.1, 0.15) is 17.0 Å². The van der Waals surface area contributed by atoms with Crippen LogP contribution in [0.25, 0.3) is 0 Å². The van der Waals surface area contributed by atoms with E-state index in [4.69, 9.17) is 4.74 Å². The molecule has 1 aliphatic carbocycles. The maximum Gasteiger partial charge on any atom is 0.122 e. The molecule has 0 amide bonds. The molecule has 3 rings (SSSR count). The second-order valence-electron chi connectivity index (χ2n) is 4.26. The lowest BCUT2D eigenvalue weighted by Crippen LogP contribution is -2.10. The zero-order valence-corrected chi connectivity index (χ0v) is 9.64. The fourth-order valence-electron chi connectivity index (χ4n) is 2.93. The molecule has 3 heteroatoms. The highest BCUT2D eigenvalue weighted by molar-refractivity contribution is 5.85. The summed E-state index contributed by atoms with van der Waals surface area (Å²) < 4.78 is 5.44. The molecule has 1 fully saturated rings. The van der Waals surface area contributed by atoms with Crippen molar-refractivity contribution in [1.82, 2.24) is 5.32 Å². The largest absolute Gasteiger partial charge is 0.496 e. The third kappa shape index (κ3) is 1.52. The van der Waals surface area contributed by atoms with Gasteiger partial charge in [0.25, 0.3) is 0 Å². The van der Waals surface area contributed by atoms with Crippen LogP contribution < -0.4 is 10.1 Å². The van der Waals surface area contributed by atoms with Crippen molar-refractivity contribution in [3.8, 4) is 5.75 Å². The van der Waals surface area contributed by atoms with Crippen LogP contribution in [0.5, 0.6) is 5.75 Å². The first kappa shape index (κ1) is 10.8. The average molecular weight is 226 g/mol.